The molecule has 10 nitrogen and oxygen atoms in total. The van der Waals surface area contributed by atoms with Crippen LogP contribution in [-0.2, 0) is 4.79 Å². The Hall–Kier alpha value is -3.92. The molecule has 0 aliphatic carbocycles. The first kappa shape index (κ1) is 15.3. The van der Waals surface area contributed by atoms with Crippen LogP contribution in [0.3, 0.4) is 0 Å². The Morgan fingerprint density at radius 1 is 0.963 bits per heavy atom. The van der Waals surface area contributed by atoms with E-state index in [-0.39, 0.29) is 0 Å². The number of nitrogens with one attached hydrogen (secondary N) is 2. The minimum Gasteiger partial charge on any atom is -0.366 e. The minimum atomic E-state index is -0.570. The van der Waals surface area contributed by atoms with Gasteiger partial charge in [0.15, 0.2) is 17.5 Å². The fraction of sp³-hybridized carbons (Fsp3) is 0.0588. The van der Waals surface area contributed by atoms with Gasteiger partial charge >= 0.3 is 0 Å². The van der Waals surface area contributed by atoms with Crippen molar-refractivity contribution in [3.8, 4) is 0 Å². The van der Waals surface area contributed by atoms with Crippen molar-refractivity contribution in [3.63, 3.8) is 0 Å². The topological polar surface area (TPSA) is 136 Å². The van der Waals surface area contributed by atoms with Crippen molar-refractivity contribution in [2.24, 2.45) is 30.8 Å². The summed E-state index contributed by atoms with van der Waals surface area (Å²) in [6.07, 6.45) is 10.4. The van der Waals surface area contributed by atoms with E-state index in [2.05, 4.69) is 35.5 Å². The fourth-order valence-electron chi connectivity index (χ4n) is 2.94. The zero-order valence-corrected chi connectivity index (χ0v) is 13.9. The van der Waals surface area contributed by atoms with Gasteiger partial charge in [0.05, 0.1) is 17.3 Å². The van der Waals surface area contributed by atoms with Crippen molar-refractivity contribution >= 4 is 23.4 Å². The van der Waals surface area contributed by atoms with Gasteiger partial charge in [0.25, 0.3) is 0 Å². The monoisotopic (exact) mass is 359 g/mol. The first-order valence-electron chi connectivity index (χ1n) is 8.16. The van der Waals surface area contributed by atoms with E-state index in [9.17, 15) is 4.79 Å². The lowest BCUT2D eigenvalue weighted by Crippen LogP contribution is -2.38. The SMILES string of the molecule is NC(=O)C1=C2C=CC(=N2)N=c2ccc([nH]2)=NC2=NC(=NN3C=CC1N3)C=C2. The molecular formula is C17H13N9O. The van der Waals surface area contributed by atoms with E-state index in [4.69, 9.17) is 5.73 Å². The summed E-state index contributed by atoms with van der Waals surface area (Å²) in [5.41, 5.74) is 10.7. The highest BCUT2D eigenvalue weighted by atomic mass is 16.1. The Balaban J connectivity index is 1.69. The Bertz CT molecular complexity index is 1190. The maximum atomic E-state index is 12.0. The number of nitrogens with zero attached hydrogens (tertiary/aromatic N) is 6. The van der Waals surface area contributed by atoms with E-state index >= 15 is 0 Å². The standard InChI is InChI=1S/C17H13N9O/c18-17(27)16-9-1-2-11(19-9)20-12-3-4-13(21-12)22-14-5-6-15(23-14)25-26-8-7-10(16)24-26/h1-8,10,24H,(H2,18,27)(H,19,20,21,22,23,25). The number of amidine groups is 3. The molecule has 1 atom stereocenters. The number of fused-ring (bicyclic) bond motifs is 6. The van der Waals surface area contributed by atoms with Gasteiger partial charge in [0.2, 0.25) is 5.91 Å². The van der Waals surface area contributed by atoms with Crippen LogP contribution in [0.1, 0.15) is 0 Å². The molecule has 27 heavy (non-hydrogen) atoms. The first-order valence-corrected chi connectivity index (χ1v) is 8.16. The fourth-order valence-corrected chi connectivity index (χ4v) is 2.94. The molecule has 1 amide bonds. The number of hydrogen-bond acceptors (Lipinski definition) is 8. The highest BCUT2D eigenvalue weighted by molar-refractivity contribution is 6.14. The van der Waals surface area contributed by atoms with Gasteiger partial charge in [-0.15, -0.1) is 5.10 Å². The van der Waals surface area contributed by atoms with Crippen LogP contribution >= 0.6 is 0 Å². The van der Waals surface area contributed by atoms with Gasteiger partial charge in [-0.25, -0.2) is 30.5 Å². The molecule has 1 aromatic heterocycles. The van der Waals surface area contributed by atoms with E-state index in [0.717, 1.165) is 0 Å². The largest absolute Gasteiger partial charge is 0.366 e. The van der Waals surface area contributed by atoms with Gasteiger partial charge in [0.1, 0.15) is 11.0 Å². The van der Waals surface area contributed by atoms with Crippen molar-refractivity contribution in [2.75, 3.05) is 0 Å². The summed E-state index contributed by atoms with van der Waals surface area (Å²) in [5.74, 6) is 0.887. The smallest absolute Gasteiger partial charge is 0.248 e. The van der Waals surface area contributed by atoms with E-state index in [1.165, 1.54) is 5.12 Å². The molecule has 0 aromatic carbocycles. The summed E-state index contributed by atoms with van der Waals surface area (Å²) in [6, 6.07) is 3.12. The molecule has 10 heteroatoms. The van der Waals surface area contributed by atoms with Crippen LogP contribution in [0.5, 0.6) is 0 Å². The lowest BCUT2D eigenvalue weighted by atomic mass is 10.1. The number of hydrazone groups is 1. The van der Waals surface area contributed by atoms with Gasteiger partial charge in [-0.3, -0.25) is 4.79 Å². The number of H-pyrrole nitrogens is 1. The van der Waals surface area contributed by atoms with Crippen LogP contribution in [0, 0.1) is 0 Å². The number of nitrogens with two attached hydrogens (primary N) is 1. The summed E-state index contributed by atoms with van der Waals surface area (Å²) in [6.45, 7) is 0. The van der Waals surface area contributed by atoms with Crippen LogP contribution < -0.4 is 22.1 Å². The number of aliphatic imine (C=N–C) groups is 2. The second-order valence-electron chi connectivity index (χ2n) is 5.97. The van der Waals surface area contributed by atoms with Gasteiger partial charge in [-0.1, -0.05) is 0 Å². The number of primary amides is 1. The molecule has 4 aliphatic heterocycles. The summed E-state index contributed by atoms with van der Waals surface area (Å²) >= 11 is 0. The Kier molecular flexibility index (Phi) is 3.30. The molecule has 0 saturated carbocycles. The van der Waals surface area contributed by atoms with E-state index < -0.39 is 11.9 Å². The lowest BCUT2D eigenvalue weighted by Gasteiger charge is -2.16. The molecule has 4 N–H and O–H groups in total. The van der Waals surface area contributed by atoms with Crippen LogP contribution in [0.15, 0.2) is 85.1 Å². The molecule has 0 radical (unpaired) electrons. The van der Waals surface area contributed by atoms with E-state index in [0.29, 0.717) is 39.8 Å². The van der Waals surface area contributed by atoms with Crippen molar-refractivity contribution in [1.29, 1.82) is 0 Å². The Morgan fingerprint density at radius 3 is 2.44 bits per heavy atom. The zero-order valence-electron chi connectivity index (χ0n) is 13.9. The third kappa shape index (κ3) is 2.83. The van der Waals surface area contributed by atoms with Gasteiger partial charge in [0, 0.05) is 6.20 Å². The van der Waals surface area contributed by atoms with Crippen LogP contribution in [0.25, 0.3) is 0 Å². The Labute approximate surface area is 152 Å². The molecular weight excluding hydrogens is 346 g/mol. The molecule has 1 aromatic rings. The van der Waals surface area contributed by atoms with Gasteiger partial charge in [-0.05, 0) is 42.5 Å². The van der Waals surface area contributed by atoms with E-state index in [1.807, 2.05) is 0 Å². The average Bonchev–Trinajstić information content (AvgIpc) is 3.39. The van der Waals surface area contributed by atoms with Crippen molar-refractivity contribution < 1.29 is 4.79 Å². The van der Waals surface area contributed by atoms with Gasteiger partial charge in [-0.2, -0.15) is 0 Å². The molecule has 1 unspecified atom stereocenters. The number of aromatic amines is 1. The van der Waals surface area contributed by atoms with Crippen molar-refractivity contribution in [1.82, 2.24) is 15.5 Å². The number of rotatable bonds is 1. The number of aromatic nitrogens is 1. The molecule has 5 rings (SSSR count). The highest BCUT2D eigenvalue weighted by Crippen LogP contribution is 2.21. The zero-order chi connectivity index (χ0) is 18.4. The lowest BCUT2D eigenvalue weighted by molar-refractivity contribution is -0.114. The molecule has 0 saturated heterocycles. The number of allylic oxidation sites excluding steroid dienone is 1. The number of hydrazine groups is 1. The molecule has 4 aliphatic rings. The van der Waals surface area contributed by atoms with Crippen molar-refractivity contribution in [2.45, 2.75) is 6.04 Å². The molecule has 5 heterocycles. The van der Waals surface area contributed by atoms with E-state index in [1.54, 1.807) is 48.7 Å². The Morgan fingerprint density at radius 2 is 1.67 bits per heavy atom. The average molecular weight is 359 g/mol. The minimum absolute atomic E-state index is 0.329. The summed E-state index contributed by atoms with van der Waals surface area (Å²) < 4.78 is 0. The molecule has 8 bridgehead atoms. The summed E-state index contributed by atoms with van der Waals surface area (Å²) in [7, 11) is 0. The predicted molar refractivity (Wildman–Crippen MR) is 97.8 cm³/mol. The number of amides is 1. The summed E-state index contributed by atoms with van der Waals surface area (Å²) in [4.78, 5) is 32.7. The summed E-state index contributed by atoms with van der Waals surface area (Å²) in [5, 5.41) is 5.84. The second kappa shape index (κ2) is 5.81. The normalized spacial score (nSPS) is 22.4. The third-order valence-corrected chi connectivity index (χ3v) is 4.11. The van der Waals surface area contributed by atoms with Crippen LogP contribution in [0.2, 0.25) is 0 Å². The molecule has 132 valence electrons. The first-order chi connectivity index (χ1) is 13.1. The molecule has 0 fully saturated rings. The maximum absolute atomic E-state index is 12.0. The second-order valence-corrected chi connectivity index (χ2v) is 5.97. The maximum Gasteiger partial charge on any atom is 0.248 e. The quantitative estimate of drug-likeness (QED) is 0.591. The number of carbonyl (C=O) groups excluding carboxylic acids is 1. The number of hydrogen-bond donors (Lipinski definition) is 3. The third-order valence-electron chi connectivity index (χ3n) is 4.11. The van der Waals surface area contributed by atoms with Crippen molar-refractivity contribution in [3.05, 3.63) is 71.0 Å². The van der Waals surface area contributed by atoms with Gasteiger partial charge < -0.3 is 10.7 Å². The molecule has 0 spiro atoms. The van der Waals surface area contributed by atoms with Crippen LogP contribution in [0.4, 0.5) is 0 Å². The predicted octanol–water partition coefficient (Wildman–Crippen LogP) is -1.04. The highest BCUT2D eigenvalue weighted by Gasteiger charge is 2.27. The van der Waals surface area contributed by atoms with Crippen LogP contribution in [-0.4, -0.2) is 39.6 Å². The number of carbonyl (C=O) groups is 1.